The number of sulfonamides is 1. The molecule has 37 heavy (non-hydrogen) atoms. The van der Waals surface area contributed by atoms with Gasteiger partial charge in [-0.25, -0.2) is 13.2 Å². The molecule has 1 N–H and O–H groups in total. The van der Waals surface area contributed by atoms with Crippen LogP contribution in [0.2, 0.25) is 0 Å². The van der Waals surface area contributed by atoms with E-state index in [1.807, 2.05) is 49.3 Å². The Hall–Kier alpha value is -3.05. The number of hydrogen-bond acceptors (Lipinski definition) is 7. The van der Waals surface area contributed by atoms with Gasteiger partial charge in [0.15, 0.2) is 0 Å². The molecule has 1 aromatic heterocycles. The summed E-state index contributed by atoms with van der Waals surface area (Å²) in [6, 6.07) is 12.8. The van der Waals surface area contributed by atoms with E-state index >= 15 is 0 Å². The van der Waals surface area contributed by atoms with E-state index < -0.39 is 16.0 Å². The van der Waals surface area contributed by atoms with Gasteiger partial charge in [-0.05, 0) is 44.0 Å². The van der Waals surface area contributed by atoms with Gasteiger partial charge in [-0.1, -0.05) is 41.5 Å². The van der Waals surface area contributed by atoms with Crippen LogP contribution < -0.4 is 5.32 Å². The van der Waals surface area contributed by atoms with E-state index in [0.29, 0.717) is 36.7 Å². The van der Waals surface area contributed by atoms with Crippen molar-refractivity contribution in [3.8, 4) is 11.1 Å². The Morgan fingerprint density at radius 2 is 1.59 bits per heavy atom. The third kappa shape index (κ3) is 5.93. The van der Waals surface area contributed by atoms with Crippen molar-refractivity contribution in [3.05, 3.63) is 70.1 Å². The highest BCUT2D eigenvalue weighted by Gasteiger charge is 2.29. The highest BCUT2D eigenvalue weighted by Crippen LogP contribution is 2.38. The van der Waals surface area contributed by atoms with E-state index in [4.69, 9.17) is 4.74 Å². The van der Waals surface area contributed by atoms with Crippen molar-refractivity contribution in [2.75, 3.05) is 45.2 Å². The van der Waals surface area contributed by atoms with Crippen LogP contribution in [0.4, 0.5) is 5.00 Å². The molecule has 0 unspecified atom stereocenters. The van der Waals surface area contributed by atoms with Crippen LogP contribution in [0.25, 0.3) is 11.1 Å². The minimum Gasteiger partial charge on any atom is -0.465 e. The zero-order valence-electron chi connectivity index (χ0n) is 21.4. The molecule has 196 valence electrons. The van der Waals surface area contributed by atoms with E-state index in [-0.39, 0.29) is 17.3 Å². The number of carbonyl (C=O) groups is 2. The number of nitrogens with zero attached hydrogens (tertiary/aromatic N) is 2. The summed E-state index contributed by atoms with van der Waals surface area (Å²) in [5, 5.41) is 5.17. The number of aryl methyl sites for hydroxylation is 3. The van der Waals surface area contributed by atoms with Gasteiger partial charge in [0.2, 0.25) is 15.9 Å². The Morgan fingerprint density at radius 1 is 0.946 bits per heavy atom. The first kappa shape index (κ1) is 27.0. The fraction of sp³-hybridized carbons (Fsp3) is 0.333. The Balaban J connectivity index is 1.43. The van der Waals surface area contributed by atoms with Crippen molar-refractivity contribution in [3.63, 3.8) is 0 Å². The van der Waals surface area contributed by atoms with Crippen LogP contribution >= 0.6 is 11.3 Å². The van der Waals surface area contributed by atoms with E-state index in [1.165, 1.54) is 22.8 Å². The first-order chi connectivity index (χ1) is 17.6. The lowest BCUT2D eigenvalue weighted by atomic mass is 9.97. The monoisotopic (exact) mass is 541 g/mol. The normalized spacial score (nSPS) is 14.9. The Morgan fingerprint density at radius 3 is 2.24 bits per heavy atom. The van der Waals surface area contributed by atoms with Crippen molar-refractivity contribution in [2.24, 2.45) is 0 Å². The molecule has 0 spiro atoms. The van der Waals surface area contributed by atoms with Crippen LogP contribution in [0.3, 0.4) is 0 Å². The maximum absolute atomic E-state index is 12.9. The number of methoxy groups -OCH3 is 1. The average molecular weight is 542 g/mol. The number of anilines is 1. The predicted octanol–water partition coefficient (Wildman–Crippen LogP) is 4.07. The maximum atomic E-state index is 12.9. The van der Waals surface area contributed by atoms with E-state index in [2.05, 4.69) is 5.32 Å². The first-order valence-electron chi connectivity index (χ1n) is 12.0. The van der Waals surface area contributed by atoms with Crippen molar-refractivity contribution in [1.29, 1.82) is 0 Å². The van der Waals surface area contributed by atoms with Gasteiger partial charge >= 0.3 is 5.97 Å². The molecule has 0 aliphatic carbocycles. The van der Waals surface area contributed by atoms with Gasteiger partial charge in [0.1, 0.15) is 10.6 Å². The Labute approximate surface area is 221 Å². The molecule has 1 amide bonds. The molecule has 1 saturated heterocycles. The molecule has 0 radical (unpaired) electrons. The largest absolute Gasteiger partial charge is 0.465 e. The smallest absolute Gasteiger partial charge is 0.341 e. The fourth-order valence-corrected chi connectivity index (χ4v) is 6.72. The van der Waals surface area contributed by atoms with Crippen LogP contribution in [0, 0.1) is 20.8 Å². The minimum atomic E-state index is -3.57. The van der Waals surface area contributed by atoms with Gasteiger partial charge in [-0.2, -0.15) is 4.31 Å². The summed E-state index contributed by atoms with van der Waals surface area (Å²) in [5.41, 5.74) is 5.06. The zero-order chi connectivity index (χ0) is 26.7. The van der Waals surface area contributed by atoms with Gasteiger partial charge in [0.25, 0.3) is 0 Å². The molecule has 1 fully saturated rings. The summed E-state index contributed by atoms with van der Waals surface area (Å²) in [6.45, 7) is 7.43. The summed E-state index contributed by atoms with van der Waals surface area (Å²) in [5.74, 6) is -0.781. The molecule has 0 saturated carbocycles. The van der Waals surface area contributed by atoms with E-state index in [1.54, 1.807) is 24.3 Å². The van der Waals surface area contributed by atoms with Crippen molar-refractivity contribution in [2.45, 2.75) is 25.7 Å². The summed E-state index contributed by atoms with van der Waals surface area (Å²) >= 11 is 1.28. The molecule has 4 rings (SSSR count). The Bertz CT molecular complexity index is 1410. The molecule has 8 nitrogen and oxygen atoms in total. The number of esters is 1. The number of hydrogen-bond donors (Lipinski definition) is 1. The standard InChI is InChI=1S/C27H31N3O5S2/c1-18-6-9-21(10-7-18)37(33,34)30-13-11-29(12-14-30)16-24(31)28-26-25(27(32)35-4)23(17-36-26)22-15-19(2)5-8-20(22)3/h5-10,15,17H,11-14,16H2,1-4H3,(H,28,31). The molecule has 0 bridgehead atoms. The number of ether oxygens (including phenoxy) is 1. The van der Waals surface area contributed by atoms with Gasteiger partial charge < -0.3 is 10.1 Å². The zero-order valence-corrected chi connectivity index (χ0v) is 23.0. The fourth-order valence-electron chi connectivity index (χ4n) is 4.34. The average Bonchev–Trinajstić information content (AvgIpc) is 3.28. The first-order valence-corrected chi connectivity index (χ1v) is 14.3. The van der Waals surface area contributed by atoms with Crippen LogP contribution in [0.5, 0.6) is 0 Å². The molecular weight excluding hydrogens is 510 g/mol. The van der Waals surface area contributed by atoms with Crippen LogP contribution in [-0.4, -0.2) is 69.3 Å². The number of amides is 1. The molecule has 10 heteroatoms. The number of piperazine rings is 1. The molecule has 2 heterocycles. The second-order valence-corrected chi connectivity index (χ2v) is 12.0. The third-order valence-corrected chi connectivity index (χ3v) is 9.28. The summed E-state index contributed by atoms with van der Waals surface area (Å²) < 4.78 is 32.4. The number of thiophene rings is 1. The van der Waals surface area contributed by atoms with Crippen molar-refractivity contribution in [1.82, 2.24) is 9.21 Å². The topological polar surface area (TPSA) is 96.0 Å². The molecule has 0 atom stereocenters. The maximum Gasteiger partial charge on any atom is 0.341 e. The van der Waals surface area contributed by atoms with Gasteiger partial charge in [0.05, 0.1) is 18.6 Å². The summed E-state index contributed by atoms with van der Waals surface area (Å²) in [4.78, 5) is 27.8. The minimum absolute atomic E-state index is 0.0930. The van der Waals surface area contributed by atoms with Crippen molar-refractivity contribution < 1.29 is 22.7 Å². The molecule has 2 aromatic carbocycles. The highest BCUT2D eigenvalue weighted by molar-refractivity contribution is 7.89. The third-order valence-electron chi connectivity index (χ3n) is 6.47. The van der Waals surface area contributed by atoms with Crippen LogP contribution in [0.15, 0.2) is 52.7 Å². The van der Waals surface area contributed by atoms with Gasteiger partial charge in [0, 0.05) is 37.1 Å². The number of rotatable bonds is 7. The predicted molar refractivity (Wildman–Crippen MR) is 146 cm³/mol. The van der Waals surface area contributed by atoms with Gasteiger partial charge in [-0.15, -0.1) is 11.3 Å². The lowest BCUT2D eigenvalue weighted by Crippen LogP contribution is -2.50. The molecule has 1 aliphatic rings. The Kier molecular flexibility index (Phi) is 8.13. The number of carbonyl (C=O) groups excluding carboxylic acids is 2. The molecule has 1 aliphatic heterocycles. The van der Waals surface area contributed by atoms with E-state index in [9.17, 15) is 18.0 Å². The van der Waals surface area contributed by atoms with Crippen LogP contribution in [-0.2, 0) is 19.6 Å². The lowest BCUT2D eigenvalue weighted by molar-refractivity contribution is -0.117. The highest BCUT2D eigenvalue weighted by atomic mass is 32.2. The second-order valence-electron chi connectivity index (χ2n) is 9.20. The number of nitrogens with one attached hydrogen (secondary N) is 1. The SMILES string of the molecule is COC(=O)c1c(-c2cc(C)ccc2C)csc1NC(=O)CN1CCN(S(=O)(=O)c2ccc(C)cc2)CC1. The van der Waals surface area contributed by atoms with Crippen molar-refractivity contribution >= 4 is 38.2 Å². The quantitative estimate of drug-likeness (QED) is 0.453. The van der Waals surface area contributed by atoms with Gasteiger partial charge in [-0.3, -0.25) is 9.69 Å². The van der Waals surface area contributed by atoms with E-state index in [0.717, 1.165) is 27.8 Å². The summed E-state index contributed by atoms with van der Waals surface area (Å²) in [7, 11) is -2.25. The summed E-state index contributed by atoms with van der Waals surface area (Å²) in [6.07, 6.45) is 0. The lowest BCUT2D eigenvalue weighted by Gasteiger charge is -2.33. The molecule has 3 aromatic rings. The second kappa shape index (κ2) is 11.1. The molecular formula is C27H31N3O5S2. The number of benzene rings is 2. The van der Waals surface area contributed by atoms with Crippen LogP contribution in [0.1, 0.15) is 27.0 Å².